The maximum Gasteiger partial charge on any atom is 0.257 e. The van der Waals surface area contributed by atoms with Gasteiger partial charge >= 0.3 is 0 Å². The van der Waals surface area contributed by atoms with E-state index >= 15 is 0 Å². The van der Waals surface area contributed by atoms with E-state index in [0.29, 0.717) is 30.8 Å². The summed E-state index contributed by atoms with van der Waals surface area (Å²) in [6.45, 7) is 3.21. The third-order valence-corrected chi connectivity index (χ3v) is 5.12. The van der Waals surface area contributed by atoms with Gasteiger partial charge in [0.2, 0.25) is 5.82 Å². The monoisotopic (exact) mass is 431 g/mol. The fourth-order valence-electron chi connectivity index (χ4n) is 3.54. The van der Waals surface area contributed by atoms with Gasteiger partial charge in [-0.15, -0.1) is 0 Å². The number of rotatable bonds is 4. The van der Waals surface area contributed by atoms with E-state index in [1.54, 1.807) is 6.92 Å². The lowest BCUT2D eigenvalue weighted by molar-refractivity contribution is 0.0740. The molecule has 0 spiro atoms. The molecule has 31 heavy (non-hydrogen) atoms. The van der Waals surface area contributed by atoms with Crippen LogP contribution >= 0.6 is 0 Å². The second kappa shape index (κ2) is 8.29. The minimum atomic E-state index is -1.46. The number of methoxy groups -OCH3 is 1. The average Bonchev–Trinajstić information content (AvgIpc) is 3.31. The SMILES string of the molecule is COc1c(F)c(F)cc(C(=O)N2CCN(c3cc(-n4cccc4)nc(C)n3)CC2)c1F. The van der Waals surface area contributed by atoms with Crippen molar-refractivity contribution >= 4 is 11.7 Å². The Morgan fingerprint density at radius 2 is 1.61 bits per heavy atom. The first-order valence-electron chi connectivity index (χ1n) is 9.63. The second-order valence-electron chi connectivity index (χ2n) is 7.07. The molecule has 1 fully saturated rings. The summed E-state index contributed by atoms with van der Waals surface area (Å²) in [4.78, 5) is 25.1. The Balaban J connectivity index is 1.51. The van der Waals surface area contributed by atoms with Gasteiger partial charge in [-0.3, -0.25) is 4.79 Å². The number of carbonyl (C=O) groups excluding carboxylic acids is 1. The largest absolute Gasteiger partial charge is 0.491 e. The van der Waals surface area contributed by atoms with Gasteiger partial charge in [0.25, 0.3) is 5.91 Å². The third-order valence-electron chi connectivity index (χ3n) is 5.12. The van der Waals surface area contributed by atoms with Crippen molar-refractivity contribution in [2.75, 3.05) is 38.2 Å². The normalized spacial score (nSPS) is 14.1. The van der Waals surface area contributed by atoms with Crippen molar-refractivity contribution in [3.63, 3.8) is 0 Å². The first kappa shape index (κ1) is 20.7. The van der Waals surface area contributed by atoms with Crippen LogP contribution in [0.2, 0.25) is 0 Å². The molecule has 1 aliphatic heterocycles. The molecule has 1 aliphatic rings. The van der Waals surface area contributed by atoms with E-state index in [9.17, 15) is 18.0 Å². The lowest BCUT2D eigenvalue weighted by Crippen LogP contribution is -2.49. The molecule has 2 aromatic heterocycles. The number of hydrogen-bond acceptors (Lipinski definition) is 5. The van der Waals surface area contributed by atoms with Crippen LogP contribution in [0.25, 0.3) is 5.82 Å². The van der Waals surface area contributed by atoms with Crippen LogP contribution in [0.15, 0.2) is 36.7 Å². The Morgan fingerprint density at radius 3 is 2.26 bits per heavy atom. The molecule has 1 amide bonds. The number of amides is 1. The maximum absolute atomic E-state index is 14.5. The summed E-state index contributed by atoms with van der Waals surface area (Å²) >= 11 is 0. The number of anilines is 1. The van der Waals surface area contributed by atoms with Gasteiger partial charge in [0.05, 0.1) is 12.7 Å². The van der Waals surface area contributed by atoms with Crippen LogP contribution < -0.4 is 9.64 Å². The van der Waals surface area contributed by atoms with Crippen LogP contribution in [0.1, 0.15) is 16.2 Å². The first-order chi connectivity index (χ1) is 14.9. The number of benzene rings is 1. The van der Waals surface area contributed by atoms with Crippen LogP contribution in [0.3, 0.4) is 0 Å². The number of halogens is 3. The Kier molecular flexibility index (Phi) is 5.53. The number of hydrogen-bond donors (Lipinski definition) is 0. The van der Waals surface area contributed by atoms with Crippen LogP contribution in [0.4, 0.5) is 19.0 Å². The van der Waals surface area contributed by atoms with E-state index in [1.165, 1.54) is 4.90 Å². The maximum atomic E-state index is 14.5. The van der Waals surface area contributed by atoms with Gasteiger partial charge in [0.15, 0.2) is 17.4 Å². The molecule has 10 heteroatoms. The topological polar surface area (TPSA) is 63.5 Å². The molecule has 0 bridgehead atoms. The van der Waals surface area contributed by atoms with E-state index < -0.39 is 34.7 Å². The molecule has 1 saturated heterocycles. The zero-order chi connectivity index (χ0) is 22.1. The fourth-order valence-corrected chi connectivity index (χ4v) is 3.54. The van der Waals surface area contributed by atoms with Gasteiger partial charge in [0.1, 0.15) is 17.5 Å². The molecule has 0 aliphatic carbocycles. The Labute approximate surface area is 176 Å². The average molecular weight is 431 g/mol. The molecule has 1 aromatic carbocycles. The number of piperazine rings is 1. The van der Waals surface area contributed by atoms with Gasteiger partial charge in [-0.25, -0.2) is 18.7 Å². The van der Waals surface area contributed by atoms with E-state index in [2.05, 4.69) is 14.7 Å². The van der Waals surface area contributed by atoms with Gasteiger partial charge in [0, 0.05) is 44.6 Å². The molecule has 7 nitrogen and oxygen atoms in total. The van der Waals surface area contributed by atoms with Gasteiger partial charge < -0.3 is 19.1 Å². The Hall–Kier alpha value is -3.56. The molecule has 3 heterocycles. The number of aryl methyl sites for hydroxylation is 1. The fraction of sp³-hybridized carbons (Fsp3) is 0.286. The summed E-state index contributed by atoms with van der Waals surface area (Å²) in [6.07, 6.45) is 3.76. The van der Waals surface area contributed by atoms with Crippen molar-refractivity contribution in [1.82, 2.24) is 19.4 Å². The van der Waals surface area contributed by atoms with E-state index in [0.717, 1.165) is 12.9 Å². The standard InChI is InChI=1S/C21H20F3N5O2/c1-13-25-16(27-5-3-4-6-27)12-17(26-13)28-7-9-29(10-8-28)21(30)14-11-15(22)19(24)20(31-2)18(14)23/h3-6,11-12H,7-10H2,1-2H3. The summed E-state index contributed by atoms with van der Waals surface area (Å²) in [6, 6.07) is 6.21. The van der Waals surface area contributed by atoms with Gasteiger partial charge in [-0.2, -0.15) is 4.39 Å². The molecule has 0 atom stereocenters. The Bertz CT molecular complexity index is 1110. The lowest BCUT2D eigenvalue weighted by atomic mass is 10.1. The quantitative estimate of drug-likeness (QED) is 0.595. The molecule has 0 N–H and O–H groups in total. The van der Waals surface area contributed by atoms with Gasteiger partial charge in [-0.1, -0.05) is 0 Å². The predicted octanol–water partition coefficient (Wildman–Crippen LogP) is 2.96. The Morgan fingerprint density at radius 1 is 0.968 bits per heavy atom. The summed E-state index contributed by atoms with van der Waals surface area (Å²) in [5, 5.41) is 0. The van der Waals surface area contributed by atoms with E-state index in [-0.39, 0.29) is 13.1 Å². The number of ether oxygens (including phenoxy) is 1. The molecule has 0 radical (unpaired) electrons. The van der Waals surface area contributed by atoms with Crippen molar-refractivity contribution in [2.24, 2.45) is 0 Å². The summed E-state index contributed by atoms with van der Waals surface area (Å²) in [7, 11) is 1.01. The van der Waals surface area contributed by atoms with Crippen molar-refractivity contribution < 1.29 is 22.7 Å². The number of aromatic nitrogens is 3. The van der Waals surface area contributed by atoms with E-state index in [1.807, 2.05) is 40.1 Å². The minimum Gasteiger partial charge on any atom is -0.491 e. The minimum absolute atomic E-state index is 0.265. The zero-order valence-corrected chi connectivity index (χ0v) is 17.0. The second-order valence-corrected chi connectivity index (χ2v) is 7.07. The summed E-state index contributed by atoms with van der Waals surface area (Å²) in [5.41, 5.74) is -0.558. The van der Waals surface area contributed by atoms with Crippen molar-refractivity contribution in [2.45, 2.75) is 6.92 Å². The predicted molar refractivity (Wildman–Crippen MR) is 107 cm³/mol. The number of carbonyl (C=O) groups is 1. The highest BCUT2D eigenvalue weighted by Gasteiger charge is 2.29. The molecular weight excluding hydrogens is 411 g/mol. The van der Waals surface area contributed by atoms with Crippen LogP contribution in [0.5, 0.6) is 5.75 Å². The molecule has 162 valence electrons. The van der Waals surface area contributed by atoms with E-state index in [4.69, 9.17) is 0 Å². The smallest absolute Gasteiger partial charge is 0.257 e. The summed E-state index contributed by atoms with van der Waals surface area (Å²) in [5.74, 6) is -3.59. The molecule has 0 unspecified atom stereocenters. The lowest BCUT2D eigenvalue weighted by Gasteiger charge is -2.35. The molecule has 0 saturated carbocycles. The molecule has 3 aromatic rings. The van der Waals surface area contributed by atoms with Crippen molar-refractivity contribution in [1.29, 1.82) is 0 Å². The zero-order valence-electron chi connectivity index (χ0n) is 17.0. The molecule has 4 rings (SSSR count). The molecular formula is C21H20F3N5O2. The highest BCUT2D eigenvalue weighted by atomic mass is 19.2. The van der Waals surface area contributed by atoms with Crippen LogP contribution in [-0.4, -0.2) is 58.6 Å². The highest BCUT2D eigenvalue weighted by Crippen LogP contribution is 2.28. The third kappa shape index (κ3) is 3.92. The number of nitrogens with zero attached hydrogens (tertiary/aromatic N) is 5. The first-order valence-corrected chi connectivity index (χ1v) is 9.63. The van der Waals surface area contributed by atoms with Crippen molar-refractivity contribution in [3.05, 3.63) is 65.5 Å². The van der Waals surface area contributed by atoms with Crippen molar-refractivity contribution in [3.8, 4) is 11.6 Å². The highest BCUT2D eigenvalue weighted by molar-refractivity contribution is 5.95. The summed E-state index contributed by atoms with van der Waals surface area (Å²) < 4.78 is 48.4. The van der Waals surface area contributed by atoms with Gasteiger partial charge in [-0.05, 0) is 25.1 Å². The van der Waals surface area contributed by atoms with Crippen LogP contribution in [-0.2, 0) is 0 Å². The van der Waals surface area contributed by atoms with Crippen LogP contribution in [0, 0.1) is 24.4 Å².